The van der Waals surface area contributed by atoms with Crippen LogP contribution in [0.25, 0.3) is 0 Å². The molecule has 3 fully saturated rings. The third kappa shape index (κ3) is 3.30. The zero-order chi connectivity index (χ0) is 15.7. The van der Waals surface area contributed by atoms with Crippen LogP contribution >= 0.6 is 0 Å². The maximum absolute atomic E-state index is 5.85. The van der Waals surface area contributed by atoms with Crippen molar-refractivity contribution in [3.63, 3.8) is 0 Å². The minimum Gasteiger partial charge on any atom is -0.375 e. The Morgan fingerprint density at radius 2 is 2.09 bits per heavy atom. The number of ether oxygens (including phenoxy) is 1. The Balaban J connectivity index is 1.19. The summed E-state index contributed by atoms with van der Waals surface area (Å²) < 4.78 is 5.85. The van der Waals surface area contributed by atoms with Gasteiger partial charge in [0.05, 0.1) is 12.2 Å². The predicted molar refractivity (Wildman–Crippen MR) is 95.5 cm³/mol. The maximum Gasteiger partial charge on any atom is 0.0728 e. The Hall–Kier alpha value is -0.600. The fraction of sp³-hybridized carbons (Fsp3) is 0.810. The van der Waals surface area contributed by atoms with E-state index < -0.39 is 0 Å². The molecule has 0 aromatic rings. The molecule has 1 saturated carbocycles. The number of nitrogens with zero attached hydrogens (tertiary/aromatic N) is 1. The van der Waals surface area contributed by atoms with Gasteiger partial charge >= 0.3 is 0 Å². The Bertz CT molecular complexity index is 466. The van der Waals surface area contributed by atoms with E-state index in [1.807, 2.05) is 0 Å². The average Bonchev–Trinajstić information content (AvgIpc) is 2.97. The minimum atomic E-state index is 0.302. The van der Waals surface area contributed by atoms with Gasteiger partial charge in [-0.2, -0.15) is 0 Å². The van der Waals surface area contributed by atoms with E-state index in [0.717, 1.165) is 24.5 Å². The molecule has 0 N–H and O–H groups in total. The SMILES string of the molecule is CC(CCCC1CCC2CC=CC=C21)N1CCC2(CCO2)CC1. The van der Waals surface area contributed by atoms with Crippen molar-refractivity contribution in [2.45, 2.75) is 76.4 Å². The van der Waals surface area contributed by atoms with E-state index >= 15 is 0 Å². The van der Waals surface area contributed by atoms with E-state index in [1.54, 1.807) is 5.57 Å². The highest BCUT2D eigenvalue weighted by atomic mass is 16.5. The van der Waals surface area contributed by atoms with E-state index in [1.165, 1.54) is 70.9 Å². The summed E-state index contributed by atoms with van der Waals surface area (Å²) in [6.07, 6.45) is 19.3. The largest absolute Gasteiger partial charge is 0.375 e. The van der Waals surface area contributed by atoms with Crippen LogP contribution in [-0.2, 0) is 4.74 Å². The smallest absolute Gasteiger partial charge is 0.0728 e. The van der Waals surface area contributed by atoms with Crippen molar-refractivity contribution in [3.8, 4) is 0 Å². The highest BCUT2D eigenvalue weighted by molar-refractivity contribution is 5.26. The fourth-order valence-corrected chi connectivity index (χ4v) is 5.33. The second-order valence-corrected chi connectivity index (χ2v) is 8.40. The number of fused-ring (bicyclic) bond motifs is 1. The molecule has 0 radical (unpaired) electrons. The van der Waals surface area contributed by atoms with Crippen LogP contribution in [0.15, 0.2) is 23.8 Å². The Kier molecular flexibility index (Phi) is 4.65. The highest BCUT2D eigenvalue weighted by Gasteiger charge is 2.41. The van der Waals surface area contributed by atoms with E-state index in [-0.39, 0.29) is 0 Å². The molecular formula is C21H33NO. The molecule has 2 aliphatic carbocycles. The summed E-state index contributed by atoms with van der Waals surface area (Å²) >= 11 is 0. The Labute approximate surface area is 142 Å². The van der Waals surface area contributed by atoms with Gasteiger partial charge in [-0.3, -0.25) is 0 Å². The van der Waals surface area contributed by atoms with Crippen molar-refractivity contribution >= 4 is 0 Å². The van der Waals surface area contributed by atoms with Crippen molar-refractivity contribution in [1.82, 2.24) is 4.90 Å². The fourth-order valence-electron chi connectivity index (χ4n) is 5.33. The molecule has 4 rings (SSSR count). The van der Waals surface area contributed by atoms with Crippen molar-refractivity contribution in [2.24, 2.45) is 11.8 Å². The third-order valence-electron chi connectivity index (χ3n) is 7.12. The van der Waals surface area contributed by atoms with Gasteiger partial charge in [0.15, 0.2) is 0 Å². The molecule has 0 amide bonds. The maximum atomic E-state index is 5.85. The van der Waals surface area contributed by atoms with Gasteiger partial charge in [0.25, 0.3) is 0 Å². The molecule has 2 aliphatic heterocycles. The van der Waals surface area contributed by atoms with Crippen LogP contribution in [0.1, 0.15) is 64.7 Å². The average molecular weight is 316 g/mol. The molecule has 23 heavy (non-hydrogen) atoms. The summed E-state index contributed by atoms with van der Waals surface area (Å²) in [5, 5.41) is 0. The van der Waals surface area contributed by atoms with Crippen molar-refractivity contribution in [3.05, 3.63) is 23.8 Å². The molecule has 3 unspecified atom stereocenters. The molecule has 1 spiro atoms. The molecular weight excluding hydrogens is 282 g/mol. The Morgan fingerprint density at radius 3 is 2.83 bits per heavy atom. The molecule has 0 bridgehead atoms. The molecule has 3 atom stereocenters. The quantitative estimate of drug-likeness (QED) is 0.728. The van der Waals surface area contributed by atoms with Gasteiger partial charge < -0.3 is 9.64 Å². The second kappa shape index (κ2) is 6.72. The van der Waals surface area contributed by atoms with Crippen LogP contribution in [-0.4, -0.2) is 36.2 Å². The standard InChI is InChI=1S/C21H33NO/c1-17(22-14-11-21(12-15-22)13-16-23-21)5-4-7-19-10-9-18-6-2-3-8-20(18)19/h2-3,8,17-19H,4-7,9-16H2,1H3. The van der Waals surface area contributed by atoms with E-state index in [4.69, 9.17) is 4.74 Å². The molecule has 0 aromatic heterocycles. The zero-order valence-electron chi connectivity index (χ0n) is 14.8. The summed E-state index contributed by atoms with van der Waals surface area (Å²) in [6.45, 7) is 5.95. The van der Waals surface area contributed by atoms with Gasteiger partial charge in [-0.15, -0.1) is 0 Å². The van der Waals surface area contributed by atoms with Crippen molar-refractivity contribution in [1.29, 1.82) is 0 Å². The normalized spacial score (nSPS) is 34.0. The number of allylic oxidation sites excluding steroid dienone is 4. The lowest BCUT2D eigenvalue weighted by Gasteiger charge is -2.48. The van der Waals surface area contributed by atoms with Crippen molar-refractivity contribution in [2.75, 3.05) is 19.7 Å². The van der Waals surface area contributed by atoms with Gasteiger partial charge in [0.2, 0.25) is 0 Å². The number of hydrogen-bond acceptors (Lipinski definition) is 2. The van der Waals surface area contributed by atoms with Crippen molar-refractivity contribution < 1.29 is 4.74 Å². The molecule has 2 saturated heterocycles. The lowest BCUT2D eigenvalue weighted by Crippen LogP contribution is -2.53. The second-order valence-electron chi connectivity index (χ2n) is 8.40. The Morgan fingerprint density at radius 1 is 1.26 bits per heavy atom. The van der Waals surface area contributed by atoms with Crippen LogP contribution in [0, 0.1) is 11.8 Å². The first kappa shape index (κ1) is 15.9. The van der Waals surface area contributed by atoms with Crippen LogP contribution in [0.2, 0.25) is 0 Å². The number of rotatable bonds is 5. The number of hydrogen-bond donors (Lipinski definition) is 0. The number of likely N-dealkylation sites (tertiary alicyclic amines) is 1. The monoisotopic (exact) mass is 315 g/mol. The van der Waals surface area contributed by atoms with Crippen LogP contribution in [0.5, 0.6) is 0 Å². The molecule has 2 heteroatoms. The van der Waals surface area contributed by atoms with Gasteiger partial charge in [-0.1, -0.05) is 30.2 Å². The van der Waals surface area contributed by atoms with E-state index in [2.05, 4.69) is 30.1 Å². The highest BCUT2D eigenvalue weighted by Crippen LogP contribution is 2.43. The lowest BCUT2D eigenvalue weighted by molar-refractivity contribution is -0.175. The first-order valence-electron chi connectivity index (χ1n) is 10.0. The van der Waals surface area contributed by atoms with E-state index in [9.17, 15) is 0 Å². The minimum absolute atomic E-state index is 0.302. The van der Waals surface area contributed by atoms with Gasteiger partial charge in [0.1, 0.15) is 0 Å². The van der Waals surface area contributed by atoms with Crippen LogP contribution < -0.4 is 0 Å². The summed E-state index contributed by atoms with van der Waals surface area (Å²) in [6, 6.07) is 0.754. The molecule has 128 valence electrons. The summed E-state index contributed by atoms with van der Waals surface area (Å²) in [5.74, 6) is 1.79. The molecule has 4 aliphatic rings. The summed E-state index contributed by atoms with van der Waals surface area (Å²) in [5.41, 5.74) is 2.08. The van der Waals surface area contributed by atoms with Crippen LogP contribution in [0.3, 0.4) is 0 Å². The van der Waals surface area contributed by atoms with E-state index in [0.29, 0.717) is 5.60 Å². The molecule has 2 nitrogen and oxygen atoms in total. The topological polar surface area (TPSA) is 12.5 Å². The third-order valence-corrected chi connectivity index (χ3v) is 7.12. The van der Waals surface area contributed by atoms with Gasteiger partial charge in [-0.25, -0.2) is 0 Å². The van der Waals surface area contributed by atoms with Gasteiger partial charge in [-0.05, 0) is 70.1 Å². The van der Waals surface area contributed by atoms with Crippen LogP contribution in [0.4, 0.5) is 0 Å². The zero-order valence-corrected chi connectivity index (χ0v) is 14.8. The molecule has 0 aromatic carbocycles. The summed E-state index contributed by atoms with van der Waals surface area (Å²) in [4.78, 5) is 2.72. The first-order chi connectivity index (χ1) is 11.3. The van der Waals surface area contributed by atoms with Gasteiger partial charge in [0, 0.05) is 19.1 Å². The number of piperidine rings is 1. The first-order valence-corrected chi connectivity index (χ1v) is 10.0. The molecule has 2 heterocycles. The lowest BCUT2D eigenvalue weighted by atomic mass is 9.83. The summed E-state index contributed by atoms with van der Waals surface area (Å²) in [7, 11) is 0. The predicted octanol–water partition coefficient (Wildman–Crippen LogP) is 4.71.